The van der Waals surface area contributed by atoms with E-state index in [2.05, 4.69) is 5.32 Å². The van der Waals surface area contributed by atoms with Gasteiger partial charge in [0.05, 0.1) is 11.5 Å². The molecule has 0 spiro atoms. The molecule has 1 amide bonds. The molecule has 2 rings (SSSR count). The summed E-state index contributed by atoms with van der Waals surface area (Å²) in [6, 6.07) is 11.9. The number of carbonyl (C=O) groups excluding carboxylic acids is 1. The summed E-state index contributed by atoms with van der Waals surface area (Å²) < 4.78 is 5.85. The van der Waals surface area contributed by atoms with Gasteiger partial charge in [-0.25, -0.2) is 0 Å². The van der Waals surface area contributed by atoms with E-state index in [9.17, 15) is 14.9 Å². The van der Waals surface area contributed by atoms with Crippen molar-refractivity contribution in [3.05, 3.63) is 63.7 Å². The van der Waals surface area contributed by atoms with Gasteiger partial charge in [0.1, 0.15) is 5.75 Å². The molecule has 27 heavy (non-hydrogen) atoms. The maximum Gasteiger partial charge on any atom is 0.269 e. The Hall–Kier alpha value is -2.89. The summed E-state index contributed by atoms with van der Waals surface area (Å²) in [5.74, 6) is 0.756. The Balaban J connectivity index is 1.84. The molecule has 0 aromatic heterocycles. The van der Waals surface area contributed by atoms with Gasteiger partial charge in [-0.05, 0) is 56.0 Å². The summed E-state index contributed by atoms with van der Waals surface area (Å²) in [6.45, 7) is 8.34. The lowest BCUT2D eigenvalue weighted by Crippen LogP contribution is -2.31. The van der Waals surface area contributed by atoms with Crippen molar-refractivity contribution in [1.29, 1.82) is 0 Å². The van der Waals surface area contributed by atoms with E-state index in [-0.39, 0.29) is 11.6 Å². The number of hydrogen-bond acceptors (Lipinski definition) is 4. The smallest absolute Gasteiger partial charge is 0.269 e. The van der Waals surface area contributed by atoms with Crippen LogP contribution in [-0.4, -0.2) is 17.4 Å². The van der Waals surface area contributed by atoms with Crippen LogP contribution in [0.4, 0.5) is 11.4 Å². The maximum absolute atomic E-state index is 12.5. The number of hydrogen-bond donors (Lipinski definition) is 1. The Bertz CT molecular complexity index is 813. The van der Waals surface area contributed by atoms with Crippen LogP contribution < -0.4 is 10.1 Å². The predicted molar refractivity (Wildman–Crippen MR) is 106 cm³/mol. The van der Waals surface area contributed by atoms with Crippen LogP contribution in [0.2, 0.25) is 0 Å². The largest absolute Gasteiger partial charge is 0.493 e. The van der Waals surface area contributed by atoms with Crippen LogP contribution in [0, 0.1) is 29.4 Å². The summed E-state index contributed by atoms with van der Waals surface area (Å²) in [6.07, 6.45) is 1.41. The number of carbonyl (C=O) groups is 1. The highest BCUT2D eigenvalue weighted by Gasteiger charge is 2.27. The van der Waals surface area contributed by atoms with Crippen LogP contribution in [0.15, 0.2) is 42.5 Å². The van der Waals surface area contributed by atoms with Gasteiger partial charge in [-0.1, -0.05) is 26.0 Å². The molecule has 2 aromatic rings. The summed E-state index contributed by atoms with van der Waals surface area (Å²) >= 11 is 0. The number of nitro groups is 1. The first-order chi connectivity index (χ1) is 12.7. The molecule has 0 bridgehead atoms. The lowest BCUT2D eigenvalue weighted by Gasteiger charge is -2.23. The van der Waals surface area contributed by atoms with E-state index in [1.54, 1.807) is 0 Å². The van der Waals surface area contributed by atoms with Crippen molar-refractivity contribution in [2.75, 3.05) is 11.9 Å². The molecule has 6 heteroatoms. The highest BCUT2D eigenvalue weighted by Crippen LogP contribution is 2.26. The molecule has 0 atom stereocenters. The first kappa shape index (κ1) is 20.4. The third-order valence-corrected chi connectivity index (χ3v) is 4.50. The Morgan fingerprint density at radius 2 is 1.81 bits per heavy atom. The van der Waals surface area contributed by atoms with Crippen LogP contribution in [0.5, 0.6) is 5.75 Å². The number of rotatable bonds is 8. The first-order valence-electron chi connectivity index (χ1n) is 8.95. The molecule has 0 saturated heterocycles. The van der Waals surface area contributed by atoms with E-state index in [1.807, 2.05) is 45.9 Å². The van der Waals surface area contributed by atoms with E-state index >= 15 is 0 Å². The van der Waals surface area contributed by atoms with E-state index in [0.29, 0.717) is 18.7 Å². The van der Waals surface area contributed by atoms with Crippen LogP contribution in [-0.2, 0) is 4.79 Å². The van der Waals surface area contributed by atoms with Gasteiger partial charge >= 0.3 is 0 Å². The fraction of sp³-hybridized carbons (Fsp3) is 0.381. The second kappa shape index (κ2) is 8.66. The average molecular weight is 370 g/mol. The third-order valence-electron chi connectivity index (χ3n) is 4.50. The SMILES string of the molecule is Cc1ccc(C)c(OCCCC(C)(C)C(=O)Nc2ccc([N+](=O)[O-])cc2)c1. The predicted octanol–water partition coefficient (Wildman–Crippen LogP) is 5.04. The summed E-state index contributed by atoms with van der Waals surface area (Å²) in [5, 5.41) is 13.5. The third kappa shape index (κ3) is 5.81. The zero-order chi connectivity index (χ0) is 20.0. The standard InChI is InChI=1S/C21H26N2O4/c1-15-6-7-16(2)19(14-15)27-13-5-12-21(3,4)20(24)22-17-8-10-18(11-9-17)23(25)26/h6-11,14H,5,12-13H2,1-4H3,(H,22,24). The molecule has 6 nitrogen and oxygen atoms in total. The molecule has 0 saturated carbocycles. The molecule has 0 radical (unpaired) electrons. The van der Waals surface area contributed by atoms with Gasteiger partial charge in [-0.15, -0.1) is 0 Å². The minimum Gasteiger partial charge on any atom is -0.493 e. The van der Waals surface area contributed by atoms with Gasteiger partial charge in [0.2, 0.25) is 5.91 Å². The van der Waals surface area contributed by atoms with E-state index in [4.69, 9.17) is 4.74 Å². The quantitative estimate of drug-likeness (QED) is 0.401. The molecule has 144 valence electrons. The van der Waals surface area contributed by atoms with E-state index in [0.717, 1.165) is 23.3 Å². The zero-order valence-electron chi connectivity index (χ0n) is 16.2. The summed E-state index contributed by atoms with van der Waals surface area (Å²) in [5.41, 5.74) is 2.21. The lowest BCUT2D eigenvalue weighted by molar-refractivity contribution is -0.384. The van der Waals surface area contributed by atoms with Gasteiger partial charge in [-0.2, -0.15) is 0 Å². The van der Waals surface area contributed by atoms with Gasteiger partial charge in [0, 0.05) is 23.2 Å². The van der Waals surface area contributed by atoms with Crippen molar-refractivity contribution in [3.8, 4) is 5.75 Å². The molecular weight excluding hydrogens is 344 g/mol. The fourth-order valence-electron chi connectivity index (χ4n) is 2.64. The molecule has 0 unspecified atom stereocenters. The number of nitro benzene ring substituents is 1. The van der Waals surface area contributed by atoms with Gasteiger partial charge in [-0.3, -0.25) is 14.9 Å². The number of nitrogens with zero attached hydrogens (tertiary/aromatic N) is 1. The molecular formula is C21H26N2O4. The van der Waals surface area contributed by atoms with Gasteiger partial charge in [0.15, 0.2) is 0 Å². The Labute approximate surface area is 159 Å². The lowest BCUT2D eigenvalue weighted by atomic mass is 9.87. The monoisotopic (exact) mass is 370 g/mol. The Morgan fingerprint density at radius 1 is 1.15 bits per heavy atom. The minimum atomic E-state index is -0.577. The number of non-ortho nitro benzene ring substituents is 1. The van der Waals surface area contributed by atoms with Crippen molar-refractivity contribution in [3.63, 3.8) is 0 Å². The molecule has 0 heterocycles. The molecule has 0 fully saturated rings. The van der Waals surface area contributed by atoms with Gasteiger partial charge in [0.25, 0.3) is 5.69 Å². The van der Waals surface area contributed by atoms with Crippen LogP contribution >= 0.6 is 0 Å². The molecule has 0 aliphatic carbocycles. The van der Waals surface area contributed by atoms with Crippen molar-refractivity contribution >= 4 is 17.3 Å². The van der Waals surface area contributed by atoms with Crippen LogP contribution in [0.25, 0.3) is 0 Å². The van der Waals surface area contributed by atoms with Crippen molar-refractivity contribution in [2.24, 2.45) is 5.41 Å². The second-order valence-corrected chi connectivity index (χ2v) is 7.36. The van der Waals surface area contributed by atoms with Crippen molar-refractivity contribution < 1.29 is 14.5 Å². The molecule has 0 aliphatic heterocycles. The highest BCUT2D eigenvalue weighted by atomic mass is 16.6. The summed E-state index contributed by atoms with van der Waals surface area (Å²) in [4.78, 5) is 22.8. The number of ether oxygens (including phenoxy) is 1. The van der Waals surface area contributed by atoms with E-state index < -0.39 is 10.3 Å². The van der Waals surface area contributed by atoms with E-state index in [1.165, 1.54) is 24.3 Å². The Morgan fingerprint density at radius 3 is 2.44 bits per heavy atom. The number of anilines is 1. The molecule has 0 aliphatic rings. The van der Waals surface area contributed by atoms with Gasteiger partial charge < -0.3 is 10.1 Å². The maximum atomic E-state index is 12.5. The first-order valence-corrected chi connectivity index (χ1v) is 8.95. The number of amides is 1. The second-order valence-electron chi connectivity index (χ2n) is 7.36. The Kier molecular flexibility index (Phi) is 6.55. The average Bonchev–Trinajstić information content (AvgIpc) is 2.62. The zero-order valence-corrected chi connectivity index (χ0v) is 16.2. The van der Waals surface area contributed by atoms with Crippen LogP contribution in [0.3, 0.4) is 0 Å². The molecule has 2 aromatic carbocycles. The number of aryl methyl sites for hydroxylation is 2. The highest BCUT2D eigenvalue weighted by molar-refractivity contribution is 5.94. The normalized spacial score (nSPS) is 11.1. The van der Waals surface area contributed by atoms with Crippen molar-refractivity contribution in [2.45, 2.75) is 40.5 Å². The topological polar surface area (TPSA) is 81.5 Å². The summed E-state index contributed by atoms with van der Waals surface area (Å²) in [7, 11) is 0. The molecule has 1 N–H and O–H groups in total. The minimum absolute atomic E-state index is 0.00384. The van der Waals surface area contributed by atoms with Crippen LogP contribution in [0.1, 0.15) is 37.8 Å². The van der Waals surface area contributed by atoms with Crippen molar-refractivity contribution in [1.82, 2.24) is 0 Å². The number of benzene rings is 2. The number of nitrogens with one attached hydrogen (secondary N) is 1. The fourth-order valence-corrected chi connectivity index (χ4v) is 2.64.